The summed E-state index contributed by atoms with van der Waals surface area (Å²) in [5.74, 6) is 1.11. The Labute approximate surface area is 115 Å². The van der Waals surface area contributed by atoms with Gasteiger partial charge in [0.15, 0.2) is 0 Å². The maximum Gasteiger partial charge on any atom is 0.244 e. The molecule has 0 radical (unpaired) electrons. The van der Waals surface area contributed by atoms with Crippen molar-refractivity contribution >= 4 is 35.5 Å². The molecule has 0 saturated heterocycles. The van der Waals surface area contributed by atoms with Crippen LogP contribution >= 0.6 is 23.5 Å². The summed E-state index contributed by atoms with van der Waals surface area (Å²) in [5.41, 5.74) is 0. The number of carbonyl (C=O) groups is 1. The fraction of sp³-hybridized carbons (Fsp3) is 0.417. The topological polar surface area (TPSA) is 62.5 Å². The molecule has 1 rings (SSSR count). The van der Waals surface area contributed by atoms with Crippen molar-refractivity contribution in [2.24, 2.45) is 0 Å². The number of aliphatic hydroxyl groups is 1. The van der Waals surface area contributed by atoms with E-state index in [4.69, 9.17) is 9.52 Å². The largest absolute Gasteiger partial charge is 0.465 e. The standard InChI is InChI=1S/C12H17NO3S2/c1-17-9-18-8-10(7-14)13-12(15)5-4-11-3-2-6-16-11/h2-6,10,14H,7-9H2,1H3,(H,13,15)/b5-4-/t10-/m1/s1. The number of amides is 1. The lowest BCUT2D eigenvalue weighted by molar-refractivity contribution is -0.117. The van der Waals surface area contributed by atoms with Crippen molar-refractivity contribution in [3.05, 3.63) is 30.2 Å². The smallest absolute Gasteiger partial charge is 0.244 e. The van der Waals surface area contributed by atoms with E-state index in [0.717, 1.165) is 5.08 Å². The molecule has 0 unspecified atom stereocenters. The molecule has 1 heterocycles. The maximum atomic E-state index is 11.6. The van der Waals surface area contributed by atoms with Gasteiger partial charge in [-0.3, -0.25) is 4.79 Å². The average Bonchev–Trinajstić information content (AvgIpc) is 2.88. The van der Waals surface area contributed by atoms with Gasteiger partial charge in [-0.05, 0) is 24.5 Å². The Morgan fingerprint density at radius 3 is 3.11 bits per heavy atom. The number of hydrogen-bond donors (Lipinski definition) is 2. The second kappa shape index (κ2) is 9.13. The summed E-state index contributed by atoms with van der Waals surface area (Å²) in [6.45, 7) is -0.0539. The summed E-state index contributed by atoms with van der Waals surface area (Å²) in [6, 6.07) is 3.31. The van der Waals surface area contributed by atoms with Gasteiger partial charge in [-0.25, -0.2) is 0 Å². The van der Waals surface area contributed by atoms with Gasteiger partial charge in [-0.15, -0.1) is 11.8 Å². The Morgan fingerprint density at radius 2 is 2.50 bits per heavy atom. The molecule has 1 aromatic rings. The number of carbonyl (C=O) groups excluding carboxylic acids is 1. The van der Waals surface area contributed by atoms with E-state index in [1.165, 1.54) is 6.08 Å². The summed E-state index contributed by atoms with van der Waals surface area (Å²) in [7, 11) is 0. The van der Waals surface area contributed by atoms with Crippen LogP contribution in [0.25, 0.3) is 6.08 Å². The van der Waals surface area contributed by atoms with E-state index in [1.54, 1.807) is 48.0 Å². The molecule has 0 aliphatic rings. The van der Waals surface area contributed by atoms with Crippen molar-refractivity contribution in [2.45, 2.75) is 6.04 Å². The lowest BCUT2D eigenvalue weighted by atomic mass is 10.3. The normalized spacial score (nSPS) is 12.8. The van der Waals surface area contributed by atoms with Crippen molar-refractivity contribution < 1.29 is 14.3 Å². The number of hydrogen-bond acceptors (Lipinski definition) is 5. The minimum atomic E-state index is -0.227. The molecular formula is C12H17NO3S2. The van der Waals surface area contributed by atoms with Gasteiger partial charge < -0.3 is 14.8 Å². The molecule has 0 spiro atoms. The molecular weight excluding hydrogens is 270 g/mol. The molecule has 0 bridgehead atoms. The predicted molar refractivity (Wildman–Crippen MR) is 77.6 cm³/mol. The number of rotatable bonds is 8. The minimum absolute atomic E-state index is 0.0539. The highest BCUT2D eigenvalue weighted by Crippen LogP contribution is 2.09. The Balaban J connectivity index is 2.32. The molecule has 0 aromatic carbocycles. The van der Waals surface area contributed by atoms with Crippen LogP contribution in [0.4, 0.5) is 0 Å². The molecule has 1 amide bonds. The first-order valence-electron chi connectivity index (χ1n) is 5.46. The van der Waals surface area contributed by atoms with Gasteiger partial charge >= 0.3 is 0 Å². The van der Waals surface area contributed by atoms with Crippen molar-refractivity contribution in [1.29, 1.82) is 0 Å². The summed E-state index contributed by atoms with van der Waals surface area (Å²) < 4.78 is 5.07. The van der Waals surface area contributed by atoms with Crippen LogP contribution in [0.2, 0.25) is 0 Å². The Kier molecular flexibility index (Phi) is 7.71. The third-order valence-corrected chi connectivity index (χ3v) is 4.28. The zero-order chi connectivity index (χ0) is 13.2. The third kappa shape index (κ3) is 6.18. The molecule has 1 aromatic heterocycles. The molecule has 100 valence electrons. The first-order chi connectivity index (χ1) is 8.76. The summed E-state index contributed by atoms with van der Waals surface area (Å²) in [4.78, 5) is 11.6. The molecule has 6 heteroatoms. The van der Waals surface area contributed by atoms with Crippen LogP contribution in [0.3, 0.4) is 0 Å². The lowest BCUT2D eigenvalue weighted by Gasteiger charge is -2.14. The van der Waals surface area contributed by atoms with E-state index < -0.39 is 0 Å². The lowest BCUT2D eigenvalue weighted by Crippen LogP contribution is -2.38. The van der Waals surface area contributed by atoms with E-state index in [0.29, 0.717) is 11.5 Å². The van der Waals surface area contributed by atoms with Gasteiger partial charge in [0.25, 0.3) is 0 Å². The number of furan rings is 1. The molecule has 4 nitrogen and oxygen atoms in total. The van der Waals surface area contributed by atoms with Crippen molar-refractivity contribution in [3.63, 3.8) is 0 Å². The average molecular weight is 287 g/mol. The van der Waals surface area contributed by atoms with Crippen LogP contribution < -0.4 is 5.32 Å². The van der Waals surface area contributed by atoms with Crippen molar-refractivity contribution in [1.82, 2.24) is 5.32 Å². The molecule has 1 atom stereocenters. The monoisotopic (exact) mass is 287 g/mol. The molecule has 18 heavy (non-hydrogen) atoms. The third-order valence-electron chi connectivity index (χ3n) is 2.03. The Hall–Kier alpha value is -0.850. The van der Waals surface area contributed by atoms with Gasteiger partial charge in [0.05, 0.1) is 18.9 Å². The second-order valence-corrected chi connectivity index (χ2v) is 5.78. The summed E-state index contributed by atoms with van der Waals surface area (Å²) in [6.07, 6.45) is 6.57. The van der Waals surface area contributed by atoms with Gasteiger partial charge in [-0.1, -0.05) is 0 Å². The van der Waals surface area contributed by atoms with E-state index in [-0.39, 0.29) is 18.6 Å². The summed E-state index contributed by atoms with van der Waals surface area (Å²) in [5, 5.41) is 12.8. The number of aliphatic hydroxyl groups excluding tert-OH is 1. The second-order valence-electron chi connectivity index (χ2n) is 3.51. The van der Waals surface area contributed by atoms with E-state index in [2.05, 4.69) is 5.32 Å². The van der Waals surface area contributed by atoms with Crippen LogP contribution in [-0.2, 0) is 4.79 Å². The first-order valence-corrected chi connectivity index (χ1v) is 8.00. The van der Waals surface area contributed by atoms with Crippen LogP contribution in [0.5, 0.6) is 0 Å². The maximum absolute atomic E-state index is 11.6. The Bertz CT molecular complexity index is 365. The zero-order valence-corrected chi connectivity index (χ0v) is 11.8. The minimum Gasteiger partial charge on any atom is -0.465 e. The molecule has 2 N–H and O–H groups in total. The molecule has 0 aliphatic heterocycles. The van der Waals surface area contributed by atoms with Gasteiger partial charge in [0.1, 0.15) is 5.76 Å². The van der Waals surface area contributed by atoms with Crippen LogP contribution in [-0.4, -0.2) is 40.8 Å². The van der Waals surface area contributed by atoms with E-state index in [9.17, 15) is 4.79 Å². The van der Waals surface area contributed by atoms with Gasteiger partial charge in [0, 0.05) is 16.9 Å². The molecule has 0 aliphatic carbocycles. The quantitative estimate of drug-likeness (QED) is 0.434. The fourth-order valence-corrected chi connectivity index (χ4v) is 2.73. The van der Waals surface area contributed by atoms with E-state index in [1.807, 2.05) is 6.26 Å². The number of thioether (sulfide) groups is 2. The molecule has 0 saturated carbocycles. The van der Waals surface area contributed by atoms with Crippen LogP contribution in [0.15, 0.2) is 28.9 Å². The van der Waals surface area contributed by atoms with Gasteiger partial charge in [-0.2, -0.15) is 11.8 Å². The highest BCUT2D eigenvalue weighted by atomic mass is 32.2. The fourth-order valence-electron chi connectivity index (χ4n) is 1.21. The summed E-state index contributed by atoms with van der Waals surface area (Å²) >= 11 is 3.41. The Morgan fingerprint density at radius 1 is 1.67 bits per heavy atom. The van der Waals surface area contributed by atoms with E-state index >= 15 is 0 Å². The molecule has 0 fully saturated rings. The SMILES string of the molecule is CSCSC[C@@H](CO)NC(=O)/C=C\c1ccco1. The highest BCUT2D eigenvalue weighted by molar-refractivity contribution is 8.15. The predicted octanol–water partition coefficient (Wildman–Crippen LogP) is 1.82. The van der Waals surface area contributed by atoms with Crippen molar-refractivity contribution in [3.8, 4) is 0 Å². The van der Waals surface area contributed by atoms with Gasteiger partial charge in [0.2, 0.25) is 5.91 Å². The van der Waals surface area contributed by atoms with Crippen molar-refractivity contribution in [2.75, 3.05) is 23.7 Å². The van der Waals surface area contributed by atoms with Crippen LogP contribution in [0.1, 0.15) is 5.76 Å². The highest BCUT2D eigenvalue weighted by Gasteiger charge is 2.09. The first kappa shape index (κ1) is 15.2. The van der Waals surface area contributed by atoms with Crippen LogP contribution in [0, 0.1) is 0 Å². The zero-order valence-electron chi connectivity index (χ0n) is 10.2. The number of nitrogens with one attached hydrogen (secondary N) is 1.